The predicted octanol–water partition coefficient (Wildman–Crippen LogP) is 2.25. The molecule has 0 aromatic heterocycles. The van der Waals surface area contributed by atoms with Gasteiger partial charge in [-0.05, 0) is 0 Å². The summed E-state index contributed by atoms with van der Waals surface area (Å²) in [4.78, 5) is -1.39. The van der Waals surface area contributed by atoms with Gasteiger partial charge in [0.15, 0.2) is 0 Å². The number of benzene rings is 1. The summed E-state index contributed by atoms with van der Waals surface area (Å²) in [7, 11) is -5.55. The molecule has 0 radical (unpaired) electrons. The van der Waals surface area contributed by atoms with Gasteiger partial charge in [-0.1, -0.05) is 6.92 Å². The van der Waals surface area contributed by atoms with Crippen LogP contribution in [0.5, 0.6) is 0 Å². The van der Waals surface area contributed by atoms with Gasteiger partial charge < -0.3 is 9.11 Å². The quantitative estimate of drug-likeness (QED) is 0.836. The molecule has 0 fully saturated rings. The molecular formula is C8H9F3O3S. The molecule has 3 nitrogen and oxygen atoms in total. The molecule has 0 unspecified atom stereocenters. The maximum Gasteiger partial charge on any atom is 0.147 e. The lowest BCUT2D eigenvalue weighted by atomic mass is 10.3. The van der Waals surface area contributed by atoms with E-state index in [4.69, 9.17) is 0 Å². The normalized spacial score (nSPS) is 14.7. The molecule has 0 atom stereocenters. The zero-order valence-electron chi connectivity index (χ0n) is 7.71. The van der Waals surface area contributed by atoms with Gasteiger partial charge in [0.1, 0.15) is 32.0 Å². The highest BCUT2D eigenvalue weighted by molar-refractivity contribution is 8.10. The van der Waals surface area contributed by atoms with E-state index in [1.54, 1.807) is 0 Å². The van der Waals surface area contributed by atoms with Crippen LogP contribution in [-0.2, 0) is 9.63 Å². The van der Waals surface area contributed by atoms with E-state index in [0.29, 0.717) is 0 Å². The minimum atomic E-state index is -5.55. The minimum absolute atomic E-state index is 0.230. The Labute approximate surface area is 84.0 Å². The molecule has 0 aliphatic carbocycles. The Kier molecular flexibility index (Phi) is 2.67. The van der Waals surface area contributed by atoms with Crippen molar-refractivity contribution in [2.24, 2.45) is 0 Å². The fourth-order valence-electron chi connectivity index (χ4n) is 1.07. The minimum Gasteiger partial charge on any atom is -0.304 e. The van der Waals surface area contributed by atoms with E-state index in [-0.39, 0.29) is 12.1 Å². The molecule has 0 spiro atoms. The summed E-state index contributed by atoms with van der Waals surface area (Å²) >= 11 is 0. The Morgan fingerprint density at radius 2 is 1.60 bits per heavy atom. The maximum absolute atomic E-state index is 13.1. The Balaban J connectivity index is 3.60. The summed E-state index contributed by atoms with van der Waals surface area (Å²) in [6, 6.07) is 0.461. The standard InChI is InChI=1S/C8H9F3O3S/c1-2-15(12,13,14)8-6(10)3-5(9)4-7(8)11/h3-4H,2H2,1H3,(H2,12,13,14). The van der Waals surface area contributed by atoms with Crippen molar-refractivity contribution < 1.29 is 26.5 Å². The van der Waals surface area contributed by atoms with Crippen LogP contribution in [0.1, 0.15) is 6.92 Å². The molecule has 1 aromatic carbocycles. The first-order chi connectivity index (χ1) is 6.65. The van der Waals surface area contributed by atoms with E-state index in [9.17, 15) is 26.5 Å². The van der Waals surface area contributed by atoms with Crippen molar-refractivity contribution >= 4 is 9.63 Å². The monoisotopic (exact) mass is 242 g/mol. The molecule has 0 aliphatic heterocycles. The highest BCUT2D eigenvalue weighted by atomic mass is 32.3. The number of hydrogen-bond acceptors (Lipinski definition) is 1. The van der Waals surface area contributed by atoms with E-state index in [2.05, 4.69) is 0 Å². The molecule has 86 valence electrons. The molecule has 0 aliphatic rings. The molecule has 7 heteroatoms. The molecule has 0 amide bonds. The van der Waals surface area contributed by atoms with Crippen molar-refractivity contribution in [3.63, 3.8) is 0 Å². The topological polar surface area (TPSA) is 57.5 Å². The molecule has 15 heavy (non-hydrogen) atoms. The van der Waals surface area contributed by atoms with Crippen molar-refractivity contribution in [2.45, 2.75) is 11.8 Å². The lowest BCUT2D eigenvalue weighted by Gasteiger charge is -2.29. The van der Waals surface area contributed by atoms with Crippen LogP contribution in [0.2, 0.25) is 0 Å². The van der Waals surface area contributed by atoms with E-state index in [0.717, 1.165) is 6.92 Å². The number of rotatable bonds is 2. The van der Waals surface area contributed by atoms with E-state index >= 15 is 0 Å². The van der Waals surface area contributed by atoms with Crippen LogP contribution >= 0.6 is 0 Å². The van der Waals surface area contributed by atoms with Crippen LogP contribution < -0.4 is 0 Å². The second-order valence-electron chi connectivity index (χ2n) is 3.00. The molecule has 1 rings (SSSR count). The number of halogens is 3. The Morgan fingerprint density at radius 3 is 1.93 bits per heavy atom. The first-order valence-corrected chi connectivity index (χ1v) is 6.00. The summed E-state index contributed by atoms with van der Waals surface area (Å²) in [6.45, 7) is 1.08. The third-order valence-electron chi connectivity index (χ3n) is 1.89. The van der Waals surface area contributed by atoms with Gasteiger partial charge >= 0.3 is 0 Å². The Morgan fingerprint density at radius 1 is 1.20 bits per heavy atom. The zero-order chi connectivity index (χ0) is 11.9. The molecule has 2 N–H and O–H groups in total. The zero-order valence-corrected chi connectivity index (χ0v) is 8.52. The fraction of sp³-hybridized carbons (Fsp3) is 0.250. The van der Waals surface area contributed by atoms with Crippen LogP contribution in [0.3, 0.4) is 0 Å². The van der Waals surface area contributed by atoms with Gasteiger partial charge in [0.05, 0.1) is 0 Å². The van der Waals surface area contributed by atoms with Gasteiger partial charge in [-0.25, -0.2) is 17.4 Å². The molecule has 0 saturated carbocycles. The first-order valence-electron chi connectivity index (χ1n) is 3.95. The Bertz CT molecular complexity index is 443. The third-order valence-corrected chi connectivity index (χ3v) is 4.14. The summed E-state index contributed by atoms with van der Waals surface area (Å²) in [5, 5.41) is 0. The molecule has 0 heterocycles. The molecular weight excluding hydrogens is 233 g/mol. The first kappa shape index (κ1) is 12.2. The highest BCUT2D eigenvalue weighted by Gasteiger charge is 2.37. The van der Waals surface area contributed by atoms with Crippen LogP contribution in [0, 0.1) is 17.5 Å². The summed E-state index contributed by atoms with van der Waals surface area (Å²) in [6.07, 6.45) is 0. The summed E-state index contributed by atoms with van der Waals surface area (Å²) in [5.41, 5.74) is 0. The van der Waals surface area contributed by atoms with E-state index < -0.39 is 37.7 Å². The van der Waals surface area contributed by atoms with Crippen LogP contribution in [0.15, 0.2) is 17.0 Å². The summed E-state index contributed by atoms with van der Waals surface area (Å²) in [5.74, 6) is -5.18. The van der Waals surface area contributed by atoms with Gasteiger partial charge in [-0.15, -0.1) is 0 Å². The van der Waals surface area contributed by atoms with Crippen molar-refractivity contribution in [3.05, 3.63) is 29.6 Å². The van der Waals surface area contributed by atoms with Crippen LogP contribution in [-0.4, -0.2) is 19.1 Å². The smallest absolute Gasteiger partial charge is 0.147 e. The van der Waals surface area contributed by atoms with Crippen molar-refractivity contribution in [1.82, 2.24) is 0 Å². The average molecular weight is 242 g/mol. The molecule has 1 aromatic rings. The molecule has 0 saturated heterocycles. The average Bonchev–Trinajstić information content (AvgIpc) is 2.00. The van der Waals surface area contributed by atoms with Gasteiger partial charge in [-0.3, -0.25) is 0 Å². The Hall–Kier alpha value is -0.920. The van der Waals surface area contributed by atoms with Crippen LogP contribution in [0.4, 0.5) is 13.2 Å². The van der Waals surface area contributed by atoms with Gasteiger partial charge in [0.25, 0.3) is 0 Å². The lowest BCUT2D eigenvalue weighted by molar-refractivity contribution is 0.374. The fourth-order valence-corrected chi connectivity index (χ4v) is 2.26. The SMILES string of the molecule is CCS(=O)(O)(O)c1c(F)cc(F)cc1F. The largest absolute Gasteiger partial charge is 0.304 e. The lowest BCUT2D eigenvalue weighted by Crippen LogP contribution is -2.36. The summed E-state index contributed by atoms with van der Waals surface area (Å²) < 4.78 is 68.5. The predicted molar refractivity (Wildman–Crippen MR) is 48.5 cm³/mol. The number of hydrogen-bond donors (Lipinski definition) is 2. The van der Waals surface area contributed by atoms with Gasteiger partial charge in [0.2, 0.25) is 0 Å². The third kappa shape index (κ3) is 2.19. The van der Waals surface area contributed by atoms with Crippen LogP contribution in [0.25, 0.3) is 0 Å². The van der Waals surface area contributed by atoms with E-state index in [1.807, 2.05) is 0 Å². The van der Waals surface area contributed by atoms with Crippen molar-refractivity contribution in [2.75, 3.05) is 5.75 Å². The van der Waals surface area contributed by atoms with Crippen molar-refractivity contribution in [3.8, 4) is 0 Å². The van der Waals surface area contributed by atoms with Gasteiger partial charge in [0, 0.05) is 17.9 Å². The van der Waals surface area contributed by atoms with E-state index in [1.165, 1.54) is 0 Å². The van der Waals surface area contributed by atoms with Gasteiger partial charge in [-0.2, -0.15) is 0 Å². The highest BCUT2D eigenvalue weighted by Crippen LogP contribution is 2.33. The second-order valence-corrected chi connectivity index (χ2v) is 6.02. The second kappa shape index (κ2) is 3.29. The molecule has 0 bridgehead atoms. The maximum atomic E-state index is 13.1. The van der Waals surface area contributed by atoms with Crippen molar-refractivity contribution in [1.29, 1.82) is 0 Å².